The van der Waals surface area contributed by atoms with Crippen molar-refractivity contribution in [2.24, 2.45) is 0 Å². The summed E-state index contributed by atoms with van der Waals surface area (Å²) in [6.07, 6.45) is 1.93. The number of carbonyl (C=O) groups is 1. The summed E-state index contributed by atoms with van der Waals surface area (Å²) in [5.41, 5.74) is 0. The average Bonchev–Trinajstić information content (AvgIpc) is 2.54. The van der Waals surface area contributed by atoms with Crippen LogP contribution >= 0.6 is 0 Å². The topological polar surface area (TPSA) is 75.7 Å². The van der Waals surface area contributed by atoms with Gasteiger partial charge in [0.25, 0.3) is 5.91 Å². The first-order chi connectivity index (χ1) is 11.3. The zero-order chi connectivity index (χ0) is 18.2. The fraction of sp³-hybridized carbons (Fsp3) is 0.588. The summed E-state index contributed by atoms with van der Waals surface area (Å²) < 4.78 is 31.6. The minimum absolute atomic E-state index is 0.0871. The molecular weight excluding hydrogens is 328 g/mol. The molecule has 0 aromatic heterocycles. The number of hydrogen-bond donors (Lipinski definition) is 1. The highest BCUT2D eigenvalue weighted by Crippen LogP contribution is 2.19. The smallest absolute Gasteiger partial charge is 0.258 e. The van der Waals surface area contributed by atoms with Crippen molar-refractivity contribution < 1.29 is 17.9 Å². The van der Waals surface area contributed by atoms with E-state index in [9.17, 15) is 13.2 Å². The van der Waals surface area contributed by atoms with Crippen LogP contribution in [0.15, 0.2) is 29.2 Å². The lowest BCUT2D eigenvalue weighted by Crippen LogP contribution is -2.35. The van der Waals surface area contributed by atoms with E-state index in [2.05, 4.69) is 12.2 Å². The molecule has 0 radical (unpaired) electrons. The lowest BCUT2D eigenvalue weighted by atomic mass is 10.2. The number of nitrogens with one attached hydrogen (secondary N) is 1. The molecule has 0 saturated carbocycles. The molecule has 136 valence electrons. The van der Waals surface area contributed by atoms with Crippen LogP contribution in [-0.4, -0.2) is 44.4 Å². The fourth-order valence-corrected chi connectivity index (χ4v) is 3.85. The molecule has 1 amide bonds. The van der Waals surface area contributed by atoms with Gasteiger partial charge >= 0.3 is 0 Å². The number of ether oxygens (including phenoxy) is 1. The maximum atomic E-state index is 12.4. The normalized spacial score (nSPS) is 12.9. The second-order valence-electron chi connectivity index (χ2n) is 5.61. The highest BCUT2D eigenvalue weighted by atomic mass is 32.2. The van der Waals surface area contributed by atoms with Gasteiger partial charge in [-0.3, -0.25) is 4.79 Å². The summed E-state index contributed by atoms with van der Waals surface area (Å²) in [7, 11) is -3.47. The standard InChI is InChI=1S/C17H28N2O4S/c1-5-8-14(4)18-17(20)13-23-15-9-11-16(12-10-15)24(21,22)19(6-2)7-3/h9-12,14H,5-8,13H2,1-4H3,(H,18,20)/t14-/m1/s1. The molecule has 0 aliphatic carbocycles. The van der Waals surface area contributed by atoms with Gasteiger partial charge in [0.1, 0.15) is 5.75 Å². The summed E-state index contributed by atoms with van der Waals surface area (Å²) in [5, 5.41) is 2.85. The highest BCUT2D eigenvalue weighted by molar-refractivity contribution is 7.89. The molecule has 0 aliphatic rings. The van der Waals surface area contributed by atoms with E-state index in [-0.39, 0.29) is 23.5 Å². The van der Waals surface area contributed by atoms with E-state index in [1.807, 2.05) is 6.92 Å². The number of benzene rings is 1. The second-order valence-corrected chi connectivity index (χ2v) is 7.54. The van der Waals surface area contributed by atoms with Crippen molar-refractivity contribution >= 4 is 15.9 Å². The van der Waals surface area contributed by atoms with Crippen LogP contribution in [-0.2, 0) is 14.8 Å². The van der Waals surface area contributed by atoms with E-state index in [4.69, 9.17) is 4.74 Å². The minimum Gasteiger partial charge on any atom is -0.484 e. The summed E-state index contributed by atoms with van der Waals surface area (Å²) in [6, 6.07) is 6.26. The molecule has 6 nitrogen and oxygen atoms in total. The number of amides is 1. The van der Waals surface area contributed by atoms with Crippen LogP contribution in [0.2, 0.25) is 0 Å². The lowest BCUT2D eigenvalue weighted by molar-refractivity contribution is -0.123. The third-order valence-corrected chi connectivity index (χ3v) is 5.73. The Kier molecular flexibility index (Phi) is 8.21. The Balaban J connectivity index is 2.64. The molecular formula is C17H28N2O4S. The second kappa shape index (κ2) is 9.64. The van der Waals surface area contributed by atoms with Gasteiger partial charge < -0.3 is 10.1 Å². The summed E-state index contributed by atoms with van der Waals surface area (Å²) in [5.74, 6) is 0.280. The first-order valence-electron chi connectivity index (χ1n) is 8.37. The van der Waals surface area contributed by atoms with Crippen LogP contribution in [0.3, 0.4) is 0 Å². The summed E-state index contributed by atoms with van der Waals surface area (Å²) in [6.45, 7) is 8.38. The van der Waals surface area contributed by atoms with Crippen LogP contribution in [0, 0.1) is 0 Å². The molecule has 0 spiro atoms. The van der Waals surface area contributed by atoms with Crippen LogP contribution in [0.4, 0.5) is 0 Å². The van der Waals surface area contributed by atoms with Crippen molar-refractivity contribution in [2.75, 3.05) is 19.7 Å². The SMILES string of the molecule is CCC[C@@H](C)NC(=O)COc1ccc(S(=O)(=O)N(CC)CC)cc1. The molecule has 24 heavy (non-hydrogen) atoms. The Morgan fingerprint density at radius 2 is 1.75 bits per heavy atom. The predicted molar refractivity (Wildman–Crippen MR) is 94.6 cm³/mol. The van der Waals surface area contributed by atoms with Gasteiger partial charge in [-0.05, 0) is 37.6 Å². The van der Waals surface area contributed by atoms with Crippen LogP contribution in [0.25, 0.3) is 0 Å². The van der Waals surface area contributed by atoms with Gasteiger partial charge in [-0.2, -0.15) is 4.31 Å². The molecule has 0 unspecified atom stereocenters. The van der Waals surface area contributed by atoms with Crippen LogP contribution in [0.5, 0.6) is 5.75 Å². The van der Waals surface area contributed by atoms with Crippen molar-refractivity contribution in [3.8, 4) is 5.75 Å². The van der Waals surface area contributed by atoms with Crippen LogP contribution < -0.4 is 10.1 Å². The molecule has 0 bridgehead atoms. The van der Waals surface area contributed by atoms with Gasteiger partial charge in [0.2, 0.25) is 10.0 Å². The van der Waals surface area contributed by atoms with Crippen molar-refractivity contribution in [1.29, 1.82) is 0 Å². The van der Waals surface area contributed by atoms with Crippen LogP contribution in [0.1, 0.15) is 40.5 Å². The molecule has 1 aromatic carbocycles. The van der Waals surface area contributed by atoms with Crippen molar-refractivity contribution in [1.82, 2.24) is 9.62 Å². The molecule has 1 atom stereocenters. The van der Waals surface area contributed by atoms with Crippen molar-refractivity contribution in [2.45, 2.75) is 51.5 Å². The molecule has 1 aromatic rings. The largest absolute Gasteiger partial charge is 0.484 e. The van der Waals surface area contributed by atoms with Gasteiger partial charge in [0.05, 0.1) is 4.90 Å². The zero-order valence-electron chi connectivity index (χ0n) is 14.9. The van der Waals surface area contributed by atoms with E-state index < -0.39 is 10.0 Å². The van der Waals surface area contributed by atoms with Crippen molar-refractivity contribution in [3.05, 3.63) is 24.3 Å². The molecule has 0 saturated heterocycles. The van der Waals surface area contributed by atoms with Gasteiger partial charge in [-0.1, -0.05) is 27.2 Å². The molecule has 1 rings (SSSR count). The lowest BCUT2D eigenvalue weighted by Gasteiger charge is -2.18. The fourth-order valence-electron chi connectivity index (χ4n) is 2.39. The monoisotopic (exact) mass is 356 g/mol. The third kappa shape index (κ3) is 5.79. The van der Waals surface area contributed by atoms with E-state index in [0.29, 0.717) is 18.8 Å². The first-order valence-corrected chi connectivity index (χ1v) is 9.81. The zero-order valence-corrected chi connectivity index (χ0v) is 15.7. The molecule has 0 heterocycles. The maximum Gasteiger partial charge on any atom is 0.258 e. The maximum absolute atomic E-state index is 12.4. The Hall–Kier alpha value is -1.60. The van der Waals surface area contributed by atoms with Gasteiger partial charge in [0, 0.05) is 19.1 Å². The van der Waals surface area contributed by atoms with E-state index in [1.165, 1.54) is 16.4 Å². The number of sulfonamides is 1. The van der Waals surface area contributed by atoms with Gasteiger partial charge in [0.15, 0.2) is 6.61 Å². The molecule has 7 heteroatoms. The number of nitrogens with zero attached hydrogens (tertiary/aromatic N) is 1. The first kappa shape index (κ1) is 20.4. The van der Waals surface area contributed by atoms with E-state index in [0.717, 1.165) is 12.8 Å². The highest BCUT2D eigenvalue weighted by Gasteiger charge is 2.21. The molecule has 0 fully saturated rings. The Labute approximate surface area is 145 Å². The predicted octanol–water partition coefficient (Wildman–Crippen LogP) is 2.40. The Morgan fingerprint density at radius 1 is 1.17 bits per heavy atom. The Bertz CT molecular complexity index is 610. The van der Waals surface area contributed by atoms with Crippen molar-refractivity contribution in [3.63, 3.8) is 0 Å². The minimum atomic E-state index is -3.47. The average molecular weight is 356 g/mol. The van der Waals surface area contributed by atoms with Gasteiger partial charge in [-0.15, -0.1) is 0 Å². The quantitative estimate of drug-likeness (QED) is 0.698. The Morgan fingerprint density at radius 3 is 2.25 bits per heavy atom. The number of rotatable bonds is 10. The molecule has 0 aliphatic heterocycles. The van der Waals surface area contributed by atoms with E-state index >= 15 is 0 Å². The van der Waals surface area contributed by atoms with E-state index in [1.54, 1.807) is 26.0 Å². The molecule has 1 N–H and O–H groups in total. The third-order valence-electron chi connectivity index (χ3n) is 3.67. The number of hydrogen-bond acceptors (Lipinski definition) is 4. The summed E-state index contributed by atoms with van der Waals surface area (Å²) >= 11 is 0. The summed E-state index contributed by atoms with van der Waals surface area (Å²) in [4.78, 5) is 12.0. The number of carbonyl (C=O) groups excluding carboxylic acids is 1. The van der Waals surface area contributed by atoms with Gasteiger partial charge in [-0.25, -0.2) is 8.42 Å².